The number of hydrogen-bond acceptors (Lipinski definition) is 2. The van der Waals surface area contributed by atoms with Crippen molar-refractivity contribution >= 4 is 0 Å². The summed E-state index contributed by atoms with van der Waals surface area (Å²) in [6, 6.07) is 1.98. The first-order valence-corrected chi connectivity index (χ1v) is 6.61. The maximum absolute atomic E-state index is 4.20. The number of nitrogens with zero attached hydrogens (tertiary/aromatic N) is 2. The van der Waals surface area contributed by atoms with E-state index in [9.17, 15) is 0 Å². The van der Waals surface area contributed by atoms with Gasteiger partial charge in [-0.15, -0.1) is 0 Å². The third-order valence-electron chi connectivity index (χ3n) is 3.91. The molecule has 0 aliphatic heterocycles. The molecule has 0 saturated heterocycles. The summed E-state index contributed by atoms with van der Waals surface area (Å²) >= 11 is 0. The highest BCUT2D eigenvalue weighted by atomic mass is 15.3. The standard InChI is InChI=1S/C13H21N3/c1-6-15-16(8-1)9-7-14-10-13(11-2-3-11)12-4-5-12/h1,6,8,11-14H,2-5,7,9-10H2. The predicted molar refractivity (Wildman–Crippen MR) is 64.0 cm³/mol. The number of nitrogens with one attached hydrogen (secondary N) is 1. The summed E-state index contributed by atoms with van der Waals surface area (Å²) < 4.78 is 2.00. The van der Waals surface area contributed by atoms with E-state index in [4.69, 9.17) is 0 Å². The zero-order chi connectivity index (χ0) is 10.8. The zero-order valence-electron chi connectivity index (χ0n) is 9.81. The van der Waals surface area contributed by atoms with Gasteiger partial charge in [-0.3, -0.25) is 4.68 Å². The van der Waals surface area contributed by atoms with Crippen LogP contribution in [0.4, 0.5) is 0 Å². The van der Waals surface area contributed by atoms with Crippen molar-refractivity contribution in [2.75, 3.05) is 13.1 Å². The molecule has 3 heteroatoms. The van der Waals surface area contributed by atoms with Gasteiger partial charge in [0.2, 0.25) is 0 Å². The van der Waals surface area contributed by atoms with Crippen LogP contribution < -0.4 is 5.32 Å². The minimum Gasteiger partial charge on any atom is -0.315 e. The molecule has 3 nitrogen and oxygen atoms in total. The van der Waals surface area contributed by atoms with Crippen LogP contribution in [-0.4, -0.2) is 22.9 Å². The Morgan fingerprint density at radius 1 is 1.25 bits per heavy atom. The van der Waals surface area contributed by atoms with E-state index in [0.717, 1.165) is 30.8 Å². The highest BCUT2D eigenvalue weighted by Gasteiger charge is 2.40. The summed E-state index contributed by atoms with van der Waals surface area (Å²) in [6.07, 6.45) is 9.83. The van der Waals surface area contributed by atoms with E-state index in [1.807, 2.05) is 23.1 Å². The maximum atomic E-state index is 4.20. The van der Waals surface area contributed by atoms with Crippen molar-refractivity contribution in [3.05, 3.63) is 18.5 Å². The third-order valence-corrected chi connectivity index (χ3v) is 3.91. The van der Waals surface area contributed by atoms with Crippen LogP contribution >= 0.6 is 0 Å². The van der Waals surface area contributed by atoms with Crippen molar-refractivity contribution in [1.82, 2.24) is 15.1 Å². The lowest BCUT2D eigenvalue weighted by atomic mass is 9.98. The molecule has 2 aliphatic rings. The summed E-state index contributed by atoms with van der Waals surface area (Å²) in [4.78, 5) is 0. The molecule has 1 aromatic heterocycles. The Kier molecular flexibility index (Phi) is 2.96. The second-order valence-corrected chi connectivity index (χ2v) is 5.31. The minimum absolute atomic E-state index is 0.984. The van der Waals surface area contributed by atoms with Crippen molar-refractivity contribution in [3.63, 3.8) is 0 Å². The Morgan fingerprint density at radius 2 is 2.00 bits per heavy atom. The monoisotopic (exact) mass is 219 g/mol. The Morgan fingerprint density at radius 3 is 2.56 bits per heavy atom. The molecule has 0 aromatic carbocycles. The largest absolute Gasteiger partial charge is 0.315 e. The Balaban J connectivity index is 1.35. The second-order valence-electron chi connectivity index (χ2n) is 5.31. The van der Waals surface area contributed by atoms with Gasteiger partial charge in [0.15, 0.2) is 0 Å². The molecule has 3 rings (SSSR count). The van der Waals surface area contributed by atoms with Crippen LogP contribution in [0.5, 0.6) is 0 Å². The molecule has 2 fully saturated rings. The summed E-state index contributed by atoms with van der Waals surface area (Å²) in [5.74, 6) is 3.10. The first-order chi connectivity index (χ1) is 7.93. The number of hydrogen-bond donors (Lipinski definition) is 1. The van der Waals surface area contributed by atoms with Crippen LogP contribution in [0, 0.1) is 17.8 Å². The van der Waals surface area contributed by atoms with Crippen LogP contribution in [0.25, 0.3) is 0 Å². The highest BCUT2D eigenvalue weighted by molar-refractivity contribution is 4.92. The molecule has 0 spiro atoms. The van der Waals surface area contributed by atoms with Gasteiger partial charge in [-0.2, -0.15) is 5.10 Å². The Hall–Kier alpha value is -0.830. The first kappa shape index (κ1) is 10.3. The van der Waals surface area contributed by atoms with Crippen molar-refractivity contribution in [1.29, 1.82) is 0 Å². The average molecular weight is 219 g/mol. The van der Waals surface area contributed by atoms with Gasteiger partial charge in [0.25, 0.3) is 0 Å². The zero-order valence-corrected chi connectivity index (χ0v) is 9.81. The first-order valence-electron chi connectivity index (χ1n) is 6.61. The maximum Gasteiger partial charge on any atom is 0.0533 e. The molecule has 0 amide bonds. The highest BCUT2D eigenvalue weighted by Crippen LogP contribution is 2.48. The molecule has 16 heavy (non-hydrogen) atoms. The molecule has 0 unspecified atom stereocenters. The number of rotatable bonds is 7. The molecule has 2 aliphatic carbocycles. The van der Waals surface area contributed by atoms with E-state index < -0.39 is 0 Å². The van der Waals surface area contributed by atoms with E-state index in [1.165, 1.54) is 32.2 Å². The molecule has 0 radical (unpaired) electrons. The van der Waals surface area contributed by atoms with Crippen LogP contribution in [0.2, 0.25) is 0 Å². The molecular formula is C13H21N3. The van der Waals surface area contributed by atoms with Gasteiger partial charge in [0.05, 0.1) is 6.54 Å². The van der Waals surface area contributed by atoms with Crippen LogP contribution in [-0.2, 0) is 6.54 Å². The third kappa shape index (κ3) is 2.64. The van der Waals surface area contributed by atoms with Crippen molar-refractivity contribution in [2.45, 2.75) is 32.2 Å². The smallest absolute Gasteiger partial charge is 0.0533 e. The molecule has 1 aromatic rings. The lowest BCUT2D eigenvalue weighted by Gasteiger charge is -2.16. The minimum atomic E-state index is 0.984. The van der Waals surface area contributed by atoms with Gasteiger partial charge in [-0.25, -0.2) is 0 Å². The lowest BCUT2D eigenvalue weighted by molar-refractivity contribution is 0.373. The second kappa shape index (κ2) is 4.58. The molecule has 0 atom stereocenters. The van der Waals surface area contributed by atoms with Gasteiger partial charge >= 0.3 is 0 Å². The van der Waals surface area contributed by atoms with E-state index in [0.29, 0.717) is 0 Å². The summed E-state index contributed by atoms with van der Waals surface area (Å²) in [5, 5.41) is 7.81. The van der Waals surface area contributed by atoms with Gasteiger partial charge in [0.1, 0.15) is 0 Å². The number of aromatic nitrogens is 2. The molecule has 1 heterocycles. The van der Waals surface area contributed by atoms with Crippen LogP contribution in [0.1, 0.15) is 25.7 Å². The summed E-state index contributed by atoms with van der Waals surface area (Å²) in [7, 11) is 0. The SMILES string of the molecule is c1cnn(CCNCC(C2CC2)C2CC2)c1. The van der Waals surface area contributed by atoms with Gasteiger partial charge in [0, 0.05) is 18.9 Å². The summed E-state index contributed by atoms with van der Waals surface area (Å²) in [6.45, 7) is 3.28. The quantitative estimate of drug-likeness (QED) is 0.710. The molecule has 0 bridgehead atoms. The van der Waals surface area contributed by atoms with Crippen molar-refractivity contribution in [2.24, 2.45) is 17.8 Å². The Bertz CT molecular complexity index is 300. The van der Waals surface area contributed by atoms with Gasteiger partial charge in [-0.1, -0.05) is 0 Å². The normalized spacial score (nSPS) is 20.6. The fourth-order valence-corrected chi connectivity index (χ4v) is 2.66. The van der Waals surface area contributed by atoms with Crippen LogP contribution in [0.15, 0.2) is 18.5 Å². The topological polar surface area (TPSA) is 29.9 Å². The molecule has 2 saturated carbocycles. The fraction of sp³-hybridized carbons (Fsp3) is 0.769. The van der Waals surface area contributed by atoms with E-state index in [1.54, 1.807) is 0 Å². The van der Waals surface area contributed by atoms with Gasteiger partial charge < -0.3 is 5.32 Å². The van der Waals surface area contributed by atoms with Crippen LogP contribution in [0.3, 0.4) is 0 Å². The van der Waals surface area contributed by atoms with E-state index in [-0.39, 0.29) is 0 Å². The Labute approximate surface area is 97.2 Å². The summed E-state index contributed by atoms with van der Waals surface area (Å²) in [5.41, 5.74) is 0. The molecule has 88 valence electrons. The van der Waals surface area contributed by atoms with Crippen molar-refractivity contribution in [3.8, 4) is 0 Å². The van der Waals surface area contributed by atoms with Crippen molar-refractivity contribution < 1.29 is 0 Å². The fourth-order valence-electron chi connectivity index (χ4n) is 2.66. The predicted octanol–water partition coefficient (Wildman–Crippen LogP) is 1.91. The van der Waals surface area contributed by atoms with E-state index >= 15 is 0 Å². The molecular weight excluding hydrogens is 198 g/mol. The van der Waals surface area contributed by atoms with E-state index in [2.05, 4.69) is 10.4 Å². The lowest BCUT2D eigenvalue weighted by Crippen LogP contribution is -2.28. The van der Waals surface area contributed by atoms with Gasteiger partial charge in [-0.05, 0) is 56.0 Å². The molecule has 1 N–H and O–H groups in total. The average Bonchev–Trinajstić information content (AvgIpc) is 3.20.